The van der Waals surface area contributed by atoms with Gasteiger partial charge in [-0.2, -0.15) is 0 Å². The molecule has 1 aliphatic carbocycles. The summed E-state index contributed by atoms with van der Waals surface area (Å²) in [5, 5.41) is 3.65. The predicted molar refractivity (Wildman–Crippen MR) is 73.5 cm³/mol. The molecule has 0 spiro atoms. The quantitative estimate of drug-likeness (QED) is 0.537. The molecule has 0 aromatic carbocycles. The Morgan fingerprint density at radius 1 is 1.11 bits per heavy atom. The van der Waals surface area contributed by atoms with Crippen LogP contribution in [0, 0.1) is 0 Å². The fourth-order valence-electron chi connectivity index (χ4n) is 2.10. The van der Waals surface area contributed by atoms with Crippen molar-refractivity contribution in [1.82, 2.24) is 5.32 Å². The van der Waals surface area contributed by atoms with Gasteiger partial charge in [0.2, 0.25) is 0 Å². The van der Waals surface area contributed by atoms with Crippen molar-refractivity contribution in [3.63, 3.8) is 0 Å². The summed E-state index contributed by atoms with van der Waals surface area (Å²) in [6.45, 7) is 12.7. The SMILES string of the molecule is C[SiH](C)[Ti+2]([CH2]CNC(C)(C)C)[CH]1C=CC=C1.[Cl-].[Cl-]. The van der Waals surface area contributed by atoms with E-state index in [0.717, 1.165) is 4.22 Å². The van der Waals surface area contributed by atoms with Crippen LogP contribution >= 0.6 is 0 Å². The van der Waals surface area contributed by atoms with Crippen LogP contribution in [0.2, 0.25) is 22.0 Å². The van der Waals surface area contributed by atoms with Crippen LogP contribution in [0.5, 0.6) is 0 Å². The number of rotatable bonds is 5. The maximum absolute atomic E-state index is 3.65. The summed E-state index contributed by atoms with van der Waals surface area (Å²) >= 11 is -0.837. The van der Waals surface area contributed by atoms with E-state index in [1.165, 1.54) is 11.3 Å². The molecule has 18 heavy (non-hydrogen) atoms. The average molecular weight is 343 g/mol. The van der Waals surface area contributed by atoms with Crippen LogP contribution in [0.3, 0.4) is 0 Å². The number of nitrogens with one attached hydrogen (secondary N) is 1. The monoisotopic (exact) mass is 342 g/mol. The molecule has 0 bridgehead atoms. The molecule has 5 heteroatoms. The smallest absolute Gasteiger partial charge is 1.00 e. The third kappa shape index (κ3) is 8.19. The largest absolute Gasteiger partial charge is 1.00 e. The van der Waals surface area contributed by atoms with Crippen molar-refractivity contribution in [2.24, 2.45) is 0 Å². The minimum absolute atomic E-state index is 0. The van der Waals surface area contributed by atoms with E-state index in [9.17, 15) is 0 Å². The van der Waals surface area contributed by atoms with Gasteiger partial charge < -0.3 is 24.8 Å². The summed E-state index contributed by atoms with van der Waals surface area (Å²) in [6.07, 6.45) is 9.37. The summed E-state index contributed by atoms with van der Waals surface area (Å²) in [7, 11) is 0. The number of halogens is 2. The molecule has 1 rings (SSSR count). The number of hydrogen-bond donors (Lipinski definition) is 1. The van der Waals surface area contributed by atoms with Crippen LogP contribution < -0.4 is 30.1 Å². The van der Waals surface area contributed by atoms with Gasteiger partial charge in [-0.05, 0) is 0 Å². The Labute approximate surface area is 132 Å². The topological polar surface area (TPSA) is 12.0 Å². The molecule has 0 radical (unpaired) electrons. The van der Waals surface area contributed by atoms with Crippen LogP contribution in [0.1, 0.15) is 20.8 Å². The zero-order chi connectivity index (χ0) is 12.2. The first kappa shape index (κ1) is 21.3. The maximum Gasteiger partial charge on any atom is -1.00 e. The van der Waals surface area contributed by atoms with Crippen molar-refractivity contribution in [2.45, 2.75) is 48.4 Å². The predicted octanol–water partition coefficient (Wildman–Crippen LogP) is -2.68. The molecule has 0 heterocycles. The van der Waals surface area contributed by atoms with Gasteiger partial charge in [0.25, 0.3) is 0 Å². The minimum atomic E-state index is -0.837. The van der Waals surface area contributed by atoms with Crippen LogP contribution in [0.4, 0.5) is 0 Å². The fourth-order valence-corrected chi connectivity index (χ4v) is 13.6. The zero-order valence-corrected chi connectivity index (χ0v) is 16.4. The van der Waals surface area contributed by atoms with Crippen molar-refractivity contribution >= 4 is 6.66 Å². The second-order valence-corrected chi connectivity index (χ2v) is 20.3. The molecule has 1 aliphatic rings. The van der Waals surface area contributed by atoms with Crippen molar-refractivity contribution in [2.75, 3.05) is 6.54 Å². The Morgan fingerprint density at radius 3 is 2.00 bits per heavy atom. The Bertz CT molecular complexity index is 263. The molecule has 1 nitrogen and oxygen atoms in total. The second kappa shape index (κ2) is 9.79. The molecular weight excluding hydrogens is 317 g/mol. The molecule has 0 amide bonds. The van der Waals surface area contributed by atoms with Crippen molar-refractivity contribution in [3.05, 3.63) is 24.3 Å². The molecule has 0 aromatic rings. The Morgan fingerprint density at radius 2 is 1.61 bits per heavy atom. The van der Waals surface area contributed by atoms with E-state index in [2.05, 4.69) is 63.5 Å². The van der Waals surface area contributed by atoms with Gasteiger partial charge in [0, 0.05) is 0 Å². The molecule has 105 valence electrons. The van der Waals surface area contributed by atoms with E-state index in [1.807, 2.05) is 0 Å². The molecular formula is C13H26Cl2NSiTi. The van der Waals surface area contributed by atoms with Crippen molar-refractivity contribution in [1.29, 1.82) is 0 Å². The molecule has 0 aliphatic heterocycles. The maximum atomic E-state index is 3.65. The molecule has 0 atom stereocenters. The first-order chi connectivity index (χ1) is 7.40. The van der Waals surface area contributed by atoms with Crippen molar-refractivity contribution < 1.29 is 41.9 Å². The molecule has 1 N–H and O–H groups in total. The van der Waals surface area contributed by atoms with Gasteiger partial charge in [0.05, 0.1) is 0 Å². The fraction of sp³-hybridized carbons (Fsp3) is 0.692. The first-order valence-electron chi connectivity index (χ1n) is 6.36. The van der Waals surface area contributed by atoms with E-state index in [-0.39, 0.29) is 30.4 Å². The van der Waals surface area contributed by atoms with Gasteiger partial charge in [0.1, 0.15) is 0 Å². The van der Waals surface area contributed by atoms with Gasteiger partial charge in [-0.25, -0.2) is 0 Å². The standard InChI is InChI=1S/C6H14N.C5H5.C2H7Si.2ClH.Ti/c1-5-7-6(2,3)4;1-2-4-5-3-1;1-3-2;;;/h7H,1,5H2,2-4H3;1-5H;3H,1-2H3;2*1H;/q;;;;;+2/p-2. The summed E-state index contributed by atoms with van der Waals surface area (Å²) in [4.78, 5) is 0. The molecule has 0 unspecified atom stereocenters. The first-order valence-corrected chi connectivity index (χ1v) is 14.0. The van der Waals surface area contributed by atoms with Crippen LogP contribution in [-0.4, -0.2) is 18.7 Å². The molecule has 0 saturated carbocycles. The van der Waals surface area contributed by atoms with E-state index < -0.39 is 23.8 Å². The van der Waals surface area contributed by atoms with E-state index in [1.54, 1.807) is 0 Å². The second-order valence-electron chi connectivity index (χ2n) is 5.95. The Balaban J connectivity index is 0. The van der Waals surface area contributed by atoms with Gasteiger partial charge in [-0.3, -0.25) is 0 Å². The summed E-state index contributed by atoms with van der Waals surface area (Å²) < 4.78 is 2.37. The average Bonchev–Trinajstić information content (AvgIpc) is 2.62. The Kier molecular flexibility index (Phi) is 11.6. The zero-order valence-electron chi connectivity index (χ0n) is 12.1. The van der Waals surface area contributed by atoms with Gasteiger partial charge in [-0.15, -0.1) is 0 Å². The summed E-state index contributed by atoms with van der Waals surface area (Å²) in [5.41, 5.74) is 0.281. The molecule has 0 aromatic heterocycles. The van der Waals surface area contributed by atoms with Crippen LogP contribution in [0.25, 0.3) is 0 Å². The third-order valence-corrected chi connectivity index (χ3v) is 17.4. The third-order valence-electron chi connectivity index (χ3n) is 2.99. The van der Waals surface area contributed by atoms with Crippen LogP contribution in [-0.2, 0) is 17.1 Å². The van der Waals surface area contributed by atoms with Gasteiger partial charge in [0.15, 0.2) is 0 Å². The van der Waals surface area contributed by atoms with E-state index in [0.29, 0.717) is 0 Å². The number of allylic oxidation sites excluding steroid dienone is 4. The van der Waals surface area contributed by atoms with Gasteiger partial charge in [-0.1, -0.05) is 0 Å². The van der Waals surface area contributed by atoms with Gasteiger partial charge >= 0.3 is 108 Å². The van der Waals surface area contributed by atoms with E-state index in [4.69, 9.17) is 0 Å². The normalized spacial score (nSPS) is 14.6. The molecule has 0 fully saturated rings. The Hall–Kier alpha value is 0.951. The summed E-state index contributed by atoms with van der Waals surface area (Å²) in [5.74, 6) is 0. The summed E-state index contributed by atoms with van der Waals surface area (Å²) in [6, 6.07) is 0. The van der Waals surface area contributed by atoms with Crippen molar-refractivity contribution in [3.8, 4) is 0 Å². The molecule has 0 saturated heterocycles. The minimum Gasteiger partial charge on any atom is -1.00 e. The van der Waals surface area contributed by atoms with E-state index >= 15 is 0 Å². The number of hydrogen-bond acceptors (Lipinski definition) is 1. The van der Waals surface area contributed by atoms with Crippen LogP contribution in [0.15, 0.2) is 24.3 Å².